The van der Waals surface area contributed by atoms with Gasteiger partial charge in [-0.25, -0.2) is 4.98 Å². The van der Waals surface area contributed by atoms with Gasteiger partial charge in [0.1, 0.15) is 11.5 Å². The molecular weight excluding hydrogens is 352 g/mol. The molecule has 0 unspecified atom stereocenters. The van der Waals surface area contributed by atoms with Crippen molar-refractivity contribution in [2.75, 3.05) is 24.7 Å². The van der Waals surface area contributed by atoms with E-state index in [2.05, 4.69) is 52.9 Å². The Morgan fingerprint density at radius 3 is 2.39 bits per heavy atom. The molecule has 7 nitrogen and oxygen atoms in total. The van der Waals surface area contributed by atoms with Crippen LogP contribution in [0.5, 0.6) is 0 Å². The number of allylic oxidation sites excluding steroid dienone is 1. The fourth-order valence-electron chi connectivity index (χ4n) is 2.67. The zero-order valence-electron chi connectivity index (χ0n) is 16.9. The molecule has 2 aromatic rings. The number of hydrogen-bond acceptors (Lipinski definition) is 5. The van der Waals surface area contributed by atoms with E-state index >= 15 is 0 Å². The molecule has 1 radical (unpaired) electrons. The number of rotatable bonds is 5. The van der Waals surface area contributed by atoms with Gasteiger partial charge in [-0.05, 0) is 35.4 Å². The minimum absolute atomic E-state index is 0. The van der Waals surface area contributed by atoms with Crippen LogP contribution in [0.1, 0.15) is 35.4 Å². The van der Waals surface area contributed by atoms with E-state index in [4.69, 9.17) is 0 Å². The molecule has 0 saturated heterocycles. The first kappa shape index (κ1) is 19.5. The van der Waals surface area contributed by atoms with Crippen LogP contribution in [0.3, 0.4) is 0 Å². The first-order valence-corrected chi connectivity index (χ1v) is 9.13. The molecule has 1 aromatic carbocycles. The zero-order valence-corrected chi connectivity index (χ0v) is 16.9. The van der Waals surface area contributed by atoms with Crippen LogP contribution in [0.15, 0.2) is 59.5 Å². The van der Waals surface area contributed by atoms with Crippen LogP contribution in [-0.2, 0) is 0 Å². The van der Waals surface area contributed by atoms with Crippen LogP contribution in [0.4, 0.5) is 17.2 Å². The van der Waals surface area contributed by atoms with Gasteiger partial charge in [0.15, 0.2) is 7.05 Å². The molecule has 3 rings (SSSR count). The van der Waals surface area contributed by atoms with Crippen LogP contribution in [-0.4, -0.2) is 29.7 Å². The van der Waals surface area contributed by atoms with Crippen molar-refractivity contribution < 1.29 is 13.8 Å². The Morgan fingerprint density at radius 2 is 1.79 bits per heavy atom. The van der Waals surface area contributed by atoms with Gasteiger partial charge >= 0.3 is 6.17 Å². The summed E-state index contributed by atoms with van der Waals surface area (Å²) in [5.41, 5.74) is 3.39. The van der Waals surface area contributed by atoms with Gasteiger partial charge in [0, 0.05) is 52.0 Å². The second-order valence-electron chi connectivity index (χ2n) is 7.62. The normalized spacial score (nSPS) is 14.3. The standard InChI is InChI=1S/C21H26N6O.3H2/c1-21(2,3)17-13-19(27(5)26-17)25-16-10-11-23-18(12-16)24-15-8-6-14(7-9-15)20(28)22-4;;;/h6-13H,1-5H3,(H,22,28)(H2,23,24,25);3*1H/q+1;;;. The van der Waals surface area contributed by atoms with Crippen molar-refractivity contribution in [3.63, 3.8) is 0 Å². The van der Waals surface area contributed by atoms with Crippen molar-refractivity contribution in [3.05, 3.63) is 66.1 Å². The maximum atomic E-state index is 11.6. The van der Waals surface area contributed by atoms with Crippen LogP contribution in [0, 0.1) is 11.6 Å². The molecule has 1 aliphatic rings. The first-order valence-electron chi connectivity index (χ1n) is 9.13. The molecule has 28 heavy (non-hydrogen) atoms. The number of nitrogens with one attached hydrogen (secondary N) is 3. The molecule has 0 atom stereocenters. The lowest BCUT2D eigenvalue weighted by Gasteiger charge is -2.13. The third kappa shape index (κ3) is 4.54. The fourth-order valence-corrected chi connectivity index (χ4v) is 2.67. The van der Waals surface area contributed by atoms with E-state index in [0.29, 0.717) is 11.4 Å². The number of amides is 1. The summed E-state index contributed by atoms with van der Waals surface area (Å²) in [6, 6.07) is 11.1. The highest BCUT2D eigenvalue weighted by Crippen LogP contribution is 2.33. The molecule has 0 fully saturated rings. The third-order valence-corrected chi connectivity index (χ3v) is 4.33. The van der Waals surface area contributed by atoms with E-state index in [1.807, 2.05) is 36.0 Å². The molecule has 0 bridgehead atoms. The molecule has 151 valence electrons. The number of pyridine rings is 1. The lowest BCUT2D eigenvalue weighted by atomic mass is 9.92. The quantitative estimate of drug-likeness (QED) is 0.643. The number of aromatic nitrogens is 1. The van der Waals surface area contributed by atoms with Gasteiger partial charge in [-0.3, -0.25) is 4.79 Å². The van der Waals surface area contributed by atoms with Gasteiger partial charge < -0.3 is 16.0 Å². The summed E-state index contributed by atoms with van der Waals surface area (Å²) in [6.07, 6.45) is 4.72. The Morgan fingerprint density at radius 1 is 1.07 bits per heavy atom. The van der Waals surface area contributed by atoms with Crippen molar-refractivity contribution in [2.24, 2.45) is 10.5 Å². The summed E-state index contributed by atoms with van der Waals surface area (Å²) in [6.45, 7) is 6.43. The van der Waals surface area contributed by atoms with E-state index in [-0.39, 0.29) is 15.6 Å². The number of benzene rings is 1. The molecular formula is C21H32N6O+. The lowest BCUT2D eigenvalue weighted by Crippen LogP contribution is -2.17. The van der Waals surface area contributed by atoms with E-state index in [0.717, 1.165) is 23.2 Å². The topological polar surface area (TPSA) is 81.4 Å². The number of azo groups is 2. The largest absolute Gasteiger partial charge is 0.373 e. The van der Waals surface area contributed by atoms with Gasteiger partial charge in [-0.2, -0.15) is 0 Å². The Bertz CT molecular complexity index is 939. The monoisotopic (exact) mass is 384 g/mol. The predicted octanol–water partition coefficient (Wildman–Crippen LogP) is 4.86. The molecule has 1 aliphatic heterocycles. The summed E-state index contributed by atoms with van der Waals surface area (Å²) in [5, 5.41) is 13.8. The molecule has 1 aromatic heterocycles. The minimum atomic E-state index is -0.110. The van der Waals surface area contributed by atoms with Crippen molar-refractivity contribution in [1.29, 1.82) is 0 Å². The second kappa shape index (κ2) is 7.80. The molecule has 0 aliphatic carbocycles. The number of hydrogen-bond donors (Lipinski definition) is 3. The average molecular weight is 385 g/mol. The molecule has 2 heterocycles. The SMILES string of the molecule is CNC(=O)c1ccc(Nc2cc(N[C]3C=C(C(C)(C)C)N=[N+]3C)ccn2)cc1.[HH].[HH].[HH]. The highest BCUT2D eigenvalue weighted by Gasteiger charge is 2.33. The van der Waals surface area contributed by atoms with Gasteiger partial charge in [0.05, 0.1) is 0 Å². The Kier molecular flexibility index (Phi) is 5.44. The van der Waals surface area contributed by atoms with Gasteiger partial charge in [0.2, 0.25) is 0 Å². The number of likely N-dealkylation sites (N-methyl/N-ethyl adjacent to an activating group) is 1. The molecule has 3 N–H and O–H groups in total. The number of carbonyl (C=O) groups is 1. The van der Waals surface area contributed by atoms with Crippen molar-refractivity contribution in [1.82, 2.24) is 10.3 Å². The van der Waals surface area contributed by atoms with Gasteiger partial charge in [-0.1, -0.05) is 25.5 Å². The predicted molar refractivity (Wildman–Crippen MR) is 117 cm³/mol. The summed E-state index contributed by atoms with van der Waals surface area (Å²) < 4.78 is 1.84. The number of carbonyl (C=O) groups excluding carboxylic acids is 1. The smallest absolute Gasteiger partial charge is 0.355 e. The lowest BCUT2D eigenvalue weighted by molar-refractivity contribution is -0.533. The molecule has 7 heteroatoms. The van der Waals surface area contributed by atoms with Gasteiger partial charge in [-0.15, -0.1) is 0 Å². The number of anilines is 3. The second-order valence-corrected chi connectivity index (χ2v) is 7.62. The van der Waals surface area contributed by atoms with Crippen molar-refractivity contribution >= 4 is 23.1 Å². The molecule has 1 amide bonds. The molecule has 0 spiro atoms. The van der Waals surface area contributed by atoms with E-state index in [9.17, 15) is 4.79 Å². The van der Waals surface area contributed by atoms with Crippen LogP contribution >= 0.6 is 0 Å². The Balaban J connectivity index is 0.00000300. The van der Waals surface area contributed by atoms with Gasteiger partial charge in [0.25, 0.3) is 5.91 Å². The van der Waals surface area contributed by atoms with Crippen molar-refractivity contribution in [2.45, 2.75) is 20.8 Å². The van der Waals surface area contributed by atoms with Crippen LogP contribution in [0.25, 0.3) is 0 Å². The third-order valence-electron chi connectivity index (χ3n) is 4.33. The maximum absolute atomic E-state index is 11.6. The van der Waals surface area contributed by atoms with E-state index in [1.54, 1.807) is 25.4 Å². The average Bonchev–Trinajstić information content (AvgIpc) is 3.03. The maximum Gasteiger partial charge on any atom is 0.373 e. The Labute approximate surface area is 170 Å². The summed E-state index contributed by atoms with van der Waals surface area (Å²) in [4.78, 5) is 16.0. The summed E-state index contributed by atoms with van der Waals surface area (Å²) in [7, 11) is 3.54. The highest BCUT2D eigenvalue weighted by molar-refractivity contribution is 5.94. The summed E-state index contributed by atoms with van der Waals surface area (Å²) >= 11 is 0. The number of nitrogens with zero attached hydrogens (tertiary/aromatic N) is 3. The zero-order chi connectivity index (χ0) is 20.3. The van der Waals surface area contributed by atoms with Crippen LogP contribution < -0.4 is 16.0 Å². The van der Waals surface area contributed by atoms with Crippen LogP contribution in [0.2, 0.25) is 0 Å². The fraction of sp³-hybridized carbons (Fsp3) is 0.286. The minimum Gasteiger partial charge on any atom is -0.355 e. The highest BCUT2D eigenvalue weighted by atomic mass is 16.1. The first-order chi connectivity index (χ1) is 13.3. The summed E-state index contributed by atoms with van der Waals surface area (Å²) in [5.74, 6) is 0.595. The van der Waals surface area contributed by atoms with E-state index < -0.39 is 0 Å². The van der Waals surface area contributed by atoms with E-state index in [1.165, 1.54) is 0 Å². The Hall–Kier alpha value is -3.22. The molecule has 0 saturated carbocycles. The van der Waals surface area contributed by atoms with Crippen molar-refractivity contribution in [3.8, 4) is 0 Å².